The van der Waals surface area contributed by atoms with Crippen LogP contribution < -0.4 is 10.9 Å². The minimum absolute atomic E-state index is 0.164. The fraction of sp³-hybridized carbons (Fsp3) is 0.0800. The Kier molecular flexibility index (Phi) is 4.59. The number of nitrogens with zero attached hydrogens (tertiary/aromatic N) is 3. The van der Waals surface area contributed by atoms with Crippen LogP contribution in [0.3, 0.4) is 0 Å². The molecule has 0 fully saturated rings. The summed E-state index contributed by atoms with van der Waals surface area (Å²) in [6.45, 7) is 4.02. The van der Waals surface area contributed by atoms with E-state index in [-0.39, 0.29) is 5.56 Å². The largest absolute Gasteiger partial charge is 0.321 e. The monoisotopic (exact) mass is 407 g/mol. The summed E-state index contributed by atoms with van der Waals surface area (Å²) in [6.07, 6.45) is 0. The number of aromatic nitrogens is 4. The van der Waals surface area contributed by atoms with E-state index in [1.807, 2.05) is 73.7 Å². The zero-order chi connectivity index (χ0) is 21.4. The Morgan fingerprint density at radius 1 is 0.871 bits per heavy atom. The first kappa shape index (κ1) is 18.8. The first-order chi connectivity index (χ1) is 15.1. The van der Waals surface area contributed by atoms with Crippen molar-refractivity contribution in [3.63, 3.8) is 0 Å². The lowest BCUT2D eigenvalue weighted by Gasteiger charge is -2.12. The zero-order valence-corrected chi connectivity index (χ0v) is 17.3. The maximum Gasteiger partial charge on any atom is 0.279 e. The third-order valence-corrected chi connectivity index (χ3v) is 5.33. The topological polar surface area (TPSA) is 75.6 Å². The summed E-state index contributed by atoms with van der Waals surface area (Å²) in [4.78, 5) is 13.2. The second-order valence-corrected chi connectivity index (χ2v) is 7.53. The van der Waals surface area contributed by atoms with Crippen LogP contribution in [0.15, 0.2) is 83.7 Å². The van der Waals surface area contributed by atoms with Crippen molar-refractivity contribution in [2.24, 2.45) is 0 Å². The third-order valence-electron chi connectivity index (χ3n) is 5.33. The first-order valence-corrected chi connectivity index (χ1v) is 10.1. The molecular weight excluding hydrogens is 386 g/mol. The Bertz CT molecular complexity index is 1450. The quantitative estimate of drug-likeness (QED) is 0.433. The SMILES string of the molecule is Cc1cc(Nc2nn(-c3ccc(-c4ccccc4C)cc3)c(=O)c3ccccc23)n[nH]1. The minimum Gasteiger partial charge on any atom is -0.321 e. The van der Waals surface area contributed by atoms with Crippen molar-refractivity contribution < 1.29 is 0 Å². The Hall–Kier alpha value is -4.19. The summed E-state index contributed by atoms with van der Waals surface area (Å²) in [5, 5.41) is 16.4. The lowest BCUT2D eigenvalue weighted by Crippen LogP contribution is -2.22. The van der Waals surface area contributed by atoms with E-state index < -0.39 is 0 Å². The van der Waals surface area contributed by atoms with Crippen molar-refractivity contribution in [1.29, 1.82) is 0 Å². The molecule has 0 amide bonds. The molecule has 0 spiro atoms. The van der Waals surface area contributed by atoms with Crippen molar-refractivity contribution in [2.45, 2.75) is 13.8 Å². The second kappa shape index (κ2) is 7.57. The third kappa shape index (κ3) is 3.48. The van der Waals surface area contributed by atoms with Gasteiger partial charge in [0.2, 0.25) is 0 Å². The fourth-order valence-electron chi connectivity index (χ4n) is 3.74. The molecule has 2 aromatic heterocycles. The average Bonchev–Trinajstić information content (AvgIpc) is 3.21. The van der Waals surface area contributed by atoms with Gasteiger partial charge in [0.15, 0.2) is 11.6 Å². The molecule has 0 aliphatic rings. The molecule has 0 saturated heterocycles. The fourth-order valence-corrected chi connectivity index (χ4v) is 3.74. The van der Waals surface area contributed by atoms with E-state index in [1.165, 1.54) is 15.8 Å². The van der Waals surface area contributed by atoms with Gasteiger partial charge in [-0.25, -0.2) is 0 Å². The highest BCUT2D eigenvalue weighted by molar-refractivity contribution is 5.92. The van der Waals surface area contributed by atoms with Gasteiger partial charge in [0.05, 0.1) is 11.1 Å². The van der Waals surface area contributed by atoms with E-state index in [0.717, 1.165) is 16.6 Å². The molecule has 152 valence electrons. The molecule has 6 heteroatoms. The molecule has 0 saturated carbocycles. The Balaban J connectivity index is 1.62. The Morgan fingerprint density at radius 3 is 2.29 bits per heavy atom. The van der Waals surface area contributed by atoms with Crippen LogP contribution in [-0.2, 0) is 0 Å². The molecule has 2 heterocycles. The van der Waals surface area contributed by atoms with E-state index in [0.29, 0.717) is 22.7 Å². The lowest BCUT2D eigenvalue weighted by atomic mass is 10.0. The van der Waals surface area contributed by atoms with Crippen molar-refractivity contribution in [2.75, 3.05) is 5.32 Å². The Labute approximate surface area is 179 Å². The molecule has 3 aromatic carbocycles. The predicted octanol–water partition coefficient (Wildman–Crippen LogP) is 5.14. The van der Waals surface area contributed by atoms with Gasteiger partial charge in [-0.15, -0.1) is 5.10 Å². The number of aryl methyl sites for hydroxylation is 2. The van der Waals surface area contributed by atoms with Gasteiger partial charge in [0.25, 0.3) is 5.56 Å². The lowest BCUT2D eigenvalue weighted by molar-refractivity contribution is 0.826. The first-order valence-electron chi connectivity index (χ1n) is 10.1. The summed E-state index contributed by atoms with van der Waals surface area (Å²) in [5.74, 6) is 1.22. The molecule has 5 rings (SSSR count). The van der Waals surface area contributed by atoms with Crippen LogP contribution in [0.25, 0.3) is 27.6 Å². The van der Waals surface area contributed by atoms with Crippen molar-refractivity contribution in [1.82, 2.24) is 20.0 Å². The zero-order valence-electron chi connectivity index (χ0n) is 17.3. The molecule has 0 atom stereocenters. The highest BCUT2D eigenvalue weighted by Crippen LogP contribution is 2.25. The molecule has 0 radical (unpaired) electrons. The number of H-pyrrole nitrogens is 1. The number of hydrogen-bond donors (Lipinski definition) is 2. The summed E-state index contributed by atoms with van der Waals surface area (Å²) >= 11 is 0. The van der Waals surface area contributed by atoms with Gasteiger partial charge in [-0.05, 0) is 48.7 Å². The normalized spacial score (nSPS) is 11.0. The number of benzene rings is 3. The molecule has 2 N–H and O–H groups in total. The number of hydrogen-bond acceptors (Lipinski definition) is 4. The average molecular weight is 407 g/mol. The molecule has 0 aliphatic heterocycles. The van der Waals surface area contributed by atoms with Crippen LogP contribution in [0.5, 0.6) is 0 Å². The van der Waals surface area contributed by atoms with Crippen LogP contribution >= 0.6 is 0 Å². The van der Waals surface area contributed by atoms with Crippen LogP contribution in [-0.4, -0.2) is 20.0 Å². The minimum atomic E-state index is -0.164. The molecule has 0 bridgehead atoms. The van der Waals surface area contributed by atoms with Gasteiger partial charge in [-0.3, -0.25) is 9.89 Å². The number of aromatic amines is 1. The standard InChI is InChI=1S/C25H21N5O/c1-16-7-3-4-8-20(16)18-11-13-19(14-12-18)30-25(31)22-10-6-5-9-21(22)24(29-30)26-23-15-17(2)27-28-23/h3-15H,1-2H3,(H2,26,27,28,29). The smallest absolute Gasteiger partial charge is 0.279 e. The van der Waals surface area contributed by atoms with Crippen molar-refractivity contribution >= 4 is 22.4 Å². The van der Waals surface area contributed by atoms with Gasteiger partial charge >= 0.3 is 0 Å². The van der Waals surface area contributed by atoms with Gasteiger partial charge < -0.3 is 5.32 Å². The van der Waals surface area contributed by atoms with Crippen molar-refractivity contribution in [3.05, 3.63) is 100 Å². The highest BCUT2D eigenvalue weighted by Gasteiger charge is 2.13. The molecular formula is C25H21N5O. The van der Waals surface area contributed by atoms with Gasteiger partial charge in [0, 0.05) is 17.1 Å². The van der Waals surface area contributed by atoms with E-state index in [9.17, 15) is 4.79 Å². The van der Waals surface area contributed by atoms with Gasteiger partial charge in [-0.2, -0.15) is 9.78 Å². The van der Waals surface area contributed by atoms with E-state index in [1.54, 1.807) is 0 Å². The molecule has 5 aromatic rings. The predicted molar refractivity (Wildman–Crippen MR) is 124 cm³/mol. The number of rotatable bonds is 4. The summed E-state index contributed by atoms with van der Waals surface area (Å²) < 4.78 is 1.44. The number of fused-ring (bicyclic) bond motifs is 1. The van der Waals surface area contributed by atoms with Crippen LogP contribution in [0.4, 0.5) is 11.6 Å². The summed E-state index contributed by atoms with van der Waals surface area (Å²) in [6, 6.07) is 25.5. The maximum atomic E-state index is 13.2. The number of nitrogens with one attached hydrogen (secondary N) is 2. The molecule has 6 nitrogen and oxygen atoms in total. The van der Waals surface area contributed by atoms with Gasteiger partial charge in [0.1, 0.15) is 0 Å². The number of anilines is 2. The van der Waals surface area contributed by atoms with Gasteiger partial charge in [-0.1, -0.05) is 54.6 Å². The van der Waals surface area contributed by atoms with E-state index in [2.05, 4.69) is 39.7 Å². The molecule has 0 aliphatic carbocycles. The highest BCUT2D eigenvalue weighted by atomic mass is 16.1. The second-order valence-electron chi connectivity index (χ2n) is 7.53. The summed E-state index contributed by atoms with van der Waals surface area (Å²) in [5.41, 5.74) is 4.95. The van der Waals surface area contributed by atoms with E-state index in [4.69, 9.17) is 0 Å². The van der Waals surface area contributed by atoms with Crippen LogP contribution in [0.2, 0.25) is 0 Å². The molecule has 0 unspecified atom stereocenters. The van der Waals surface area contributed by atoms with Crippen molar-refractivity contribution in [3.8, 4) is 16.8 Å². The maximum absolute atomic E-state index is 13.2. The molecule has 31 heavy (non-hydrogen) atoms. The van der Waals surface area contributed by atoms with E-state index >= 15 is 0 Å². The van der Waals surface area contributed by atoms with Crippen LogP contribution in [0.1, 0.15) is 11.3 Å². The summed E-state index contributed by atoms with van der Waals surface area (Å²) in [7, 11) is 0. The Morgan fingerprint density at radius 2 is 1.58 bits per heavy atom. The van der Waals surface area contributed by atoms with Crippen LogP contribution in [0, 0.1) is 13.8 Å².